The van der Waals surface area contributed by atoms with E-state index in [0.29, 0.717) is 9.24 Å². The van der Waals surface area contributed by atoms with Gasteiger partial charge in [-0.3, -0.25) is 25.0 Å². The van der Waals surface area contributed by atoms with Crippen molar-refractivity contribution in [3.8, 4) is 0 Å². The molecule has 10 nitrogen and oxygen atoms in total. The molecule has 31 heavy (non-hydrogen) atoms. The van der Waals surface area contributed by atoms with E-state index >= 15 is 0 Å². The summed E-state index contributed by atoms with van der Waals surface area (Å²) in [5.74, 6) is -2.38. The molecule has 0 fully saturated rings. The molecule has 2 heterocycles. The lowest BCUT2D eigenvalue weighted by molar-refractivity contribution is -0.387. The molecule has 1 N–H and O–H groups in total. The van der Waals surface area contributed by atoms with Crippen molar-refractivity contribution in [2.75, 3.05) is 6.61 Å². The topological polar surface area (TPSA) is 133 Å². The summed E-state index contributed by atoms with van der Waals surface area (Å²) in [6.45, 7) is 1.11. The average molecular weight is 460 g/mol. The summed E-state index contributed by atoms with van der Waals surface area (Å²) >= 11 is 2.47. The molecule has 0 spiro atoms. The van der Waals surface area contributed by atoms with Crippen LogP contribution in [0.3, 0.4) is 0 Å². The number of aromatic nitrogens is 2. The van der Waals surface area contributed by atoms with Gasteiger partial charge in [-0.25, -0.2) is 9.78 Å². The van der Waals surface area contributed by atoms with Gasteiger partial charge >= 0.3 is 5.97 Å². The van der Waals surface area contributed by atoms with Crippen LogP contribution in [0.4, 0.5) is 5.69 Å². The minimum absolute atomic E-state index is 0.0899. The number of nitrogens with zero attached hydrogens (tertiary/aromatic N) is 3. The predicted octanol–water partition coefficient (Wildman–Crippen LogP) is 2.96. The SMILES string of the molecule is Cc1csc(Sc2ccc(C(=O)OCC(=O)NC(=O)c3cccn3C)cc2[N+](=O)[O-])n1. The monoisotopic (exact) mass is 460 g/mol. The van der Waals surface area contributed by atoms with Gasteiger partial charge < -0.3 is 9.30 Å². The molecule has 0 aliphatic heterocycles. The summed E-state index contributed by atoms with van der Waals surface area (Å²) < 4.78 is 7.05. The molecule has 0 bridgehead atoms. The van der Waals surface area contributed by atoms with Crippen molar-refractivity contribution < 1.29 is 24.0 Å². The summed E-state index contributed by atoms with van der Waals surface area (Å²) in [6.07, 6.45) is 1.64. The highest BCUT2D eigenvalue weighted by atomic mass is 32.2. The first-order chi connectivity index (χ1) is 14.7. The Morgan fingerprint density at radius 2 is 2.10 bits per heavy atom. The van der Waals surface area contributed by atoms with E-state index in [9.17, 15) is 24.5 Å². The standard InChI is InChI=1S/C19H16N4O6S2/c1-11-10-30-19(20-11)31-15-6-5-12(8-14(15)23(27)28)18(26)29-9-16(24)21-17(25)13-4-3-7-22(13)2/h3-8,10H,9H2,1-2H3,(H,21,24,25). The Morgan fingerprint density at radius 1 is 1.32 bits per heavy atom. The van der Waals surface area contributed by atoms with Gasteiger partial charge in [0.1, 0.15) is 5.69 Å². The third-order valence-electron chi connectivity index (χ3n) is 3.95. The highest BCUT2D eigenvalue weighted by Gasteiger charge is 2.21. The van der Waals surface area contributed by atoms with Crippen LogP contribution in [-0.2, 0) is 16.6 Å². The lowest BCUT2D eigenvalue weighted by Gasteiger charge is -2.07. The first-order valence-corrected chi connectivity index (χ1v) is 10.4. The molecule has 0 saturated carbocycles. The van der Waals surface area contributed by atoms with Crippen LogP contribution in [0.25, 0.3) is 0 Å². The number of nitro benzene ring substituents is 1. The average Bonchev–Trinajstić information content (AvgIpc) is 3.34. The first-order valence-electron chi connectivity index (χ1n) is 8.75. The molecule has 0 aliphatic rings. The van der Waals surface area contributed by atoms with Crippen LogP contribution in [0, 0.1) is 17.0 Å². The van der Waals surface area contributed by atoms with Gasteiger partial charge in [0.05, 0.1) is 15.4 Å². The summed E-state index contributed by atoms with van der Waals surface area (Å²) in [7, 11) is 1.64. The van der Waals surface area contributed by atoms with E-state index in [1.54, 1.807) is 19.3 Å². The number of nitro groups is 1. The lowest BCUT2D eigenvalue weighted by atomic mass is 10.2. The maximum absolute atomic E-state index is 12.2. The van der Waals surface area contributed by atoms with Crippen LogP contribution in [0.15, 0.2) is 51.1 Å². The van der Waals surface area contributed by atoms with Crippen LogP contribution >= 0.6 is 23.1 Å². The number of ether oxygens (including phenoxy) is 1. The zero-order valence-electron chi connectivity index (χ0n) is 16.4. The molecule has 0 saturated heterocycles. The molecular formula is C19H16N4O6S2. The van der Waals surface area contributed by atoms with Crippen molar-refractivity contribution in [3.05, 3.63) is 69.0 Å². The quantitative estimate of drug-likeness (QED) is 0.323. The third kappa shape index (κ3) is 5.55. The third-order valence-corrected chi connectivity index (χ3v) is 6.07. The van der Waals surface area contributed by atoms with E-state index in [1.807, 2.05) is 12.3 Å². The molecule has 0 aliphatic carbocycles. The predicted molar refractivity (Wildman–Crippen MR) is 112 cm³/mol. The van der Waals surface area contributed by atoms with Crippen molar-refractivity contribution in [3.63, 3.8) is 0 Å². The van der Waals surface area contributed by atoms with Crippen LogP contribution in [0.2, 0.25) is 0 Å². The number of esters is 1. The Bertz CT molecular complexity index is 1170. The highest BCUT2D eigenvalue weighted by Crippen LogP contribution is 2.36. The summed E-state index contributed by atoms with van der Waals surface area (Å²) in [4.78, 5) is 51.5. The Balaban J connectivity index is 1.63. The smallest absolute Gasteiger partial charge is 0.338 e. The lowest BCUT2D eigenvalue weighted by Crippen LogP contribution is -2.35. The molecule has 1 aromatic carbocycles. The van der Waals surface area contributed by atoms with Gasteiger partial charge in [0, 0.05) is 30.4 Å². The van der Waals surface area contributed by atoms with Crippen molar-refractivity contribution in [2.45, 2.75) is 16.2 Å². The van der Waals surface area contributed by atoms with Crippen LogP contribution in [0.1, 0.15) is 26.5 Å². The second kappa shape index (κ2) is 9.53. The Morgan fingerprint density at radius 3 is 2.71 bits per heavy atom. The van der Waals surface area contributed by atoms with Gasteiger partial charge in [0.15, 0.2) is 10.9 Å². The fraction of sp³-hybridized carbons (Fsp3) is 0.158. The molecule has 0 atom stereocenters. The minimum Gasteiger partial charge on any atom is -0.452 e. The highest BCUT2D eigenvalue weighted by molar-refractivity contribution is 8.01. The van der Waals surface area contributed by atoms with Gasteiger partial charge in [-0.15, -0.1) is 11.3 Å². The van der Waals surface area contributed by atoms with E-state index in [2.05, 4.69) is 10.3 Å². The Labute approximate surface area is 184 Å². The minimum atomic E-state index is -0.925. The fourth-order valence-corrected chi connectivity index (χ4v) is 4.36. The zero-order chi connectivity index (χ0) is 22.5. The van der Waals surface area contributed by atoms with Crippen molar-refractivity contribution >= 4 is 46.6 Å². The molecule has 160 valence electrons. The summed E-state index contributed by atoms with van der Waals surface area (Å²) in [5, 5.41) is 15.4. The normalized spacial score (nSPS) is 10.5. The second-order valence-corrected chi connectivity index (χ2v) is 8.40. The Hall–Kier alpha value is -3.51. The molecule has 3 rings (SSSR count). The first kappa shape index (κ1) is 22.2. The summed E-state index contributed by atoms with van der Waals surface area (Å²) in [6, 6.07) is 7.04. The summed E-state index contributed by atoms with van der Waals surface area (Å²) in [5.41, 5.74) is 0.696. The van der Waals surface area contributed by atoms with Gasteiger partial charge in [0.2, 0.25) is 0 Å². The number of hydrogen-bond donors (Lipinski definition) is 1. The van der Waals surface area contributed by atoms with Gasteiger partial charge in [-0.05, 0) is 31.2 Å². The molecule has 0 radical (unpaired) electrons. The number of imide groups is 1. The largest absolute Gasteiger partial charge is 0.452 e. The number of thiazole rings is 1. The molecule has 12 heteroatoms. The van der Waals surface area contributed by atoms with Crippen molar-refractivity contribution in [1.29, 1.82) is 0 Å². The number of carbonyl (C=O) groups is 3. The Kier molecular flexibility index (Phi) is 6.82. The van der Waals surface area contributed by atoms with Gasteiger partial charge in [-0.1, -0.05) is 11.8 Å². The van der Waals surface area contributed by atoms with Gasteiger partial charge in [0.25, 0.3) is 17.5 Å². The fourth-order valence-electron chi connectivity index (χ4n) is 2.48. The van der Waals surface area contributed by atoms with Crippen LogP contribution < -0.4 is 5.32 Å². The van der Waals surface area contributed by atoms with E-state index in [-0.39, 0.29) is 16.9 Å². The molecule has 3 aromatic rings. The molecule has 2 aromatic heterocycles. The zero-order valence-corrected chi connectivity index (χ0v) is 18.0. The number of carbonyl (C=O) groups excluding carboxylic acids is 3. The van der Waals surface area contributed by atoms with E-state index < -0.39 is 29.3 Å². The number of amides is 2. The maximum atomic E-state index is 12.2. The van der Waals surface area contributed by atoms with Crippen LogP contribution in [0.5, 0.6) is 0 Å². The van der Waals surface area contributed by atoms with E-state index in [4.69, 9.17) is 4.74 Å². The number of nitrogens with one attached hydrogen (secondary N) is 1. The van der Waals surface area contributed by atoms with Gasteiger partial charge in [-0.2, -0.15) is 0 Å². The van der Waals surface area contributed by atoms with E-state index in [1.165, 1.54) is 34.1 Å². The molecule has 0 unspecified atom stereocenters. The molecular weight excluding hydrogens is 444 g/mol. The second-order valence-electron chi connectivity index (χ2n) is 6.25. The number of rotatable bonds is 7. The number of benzene rings is 1. The molecule has 2 amide bonds. The maximum Gasteiger partial charge on any atom is 0.338 e. The van der Waals surface area contributed by atoms with Crippen LogP contribution in [-0.4, -0.2) is 38.9 Å². The van der Waals surface area contributed by atoms with Crippen molar-refractivity contribution in [1.82, 2.24) is 14.9 Å². The number of aryl methyl sites for hydroxylation is 2. The number of hydrogen-bond acceptors (Lipinski definition) is 9. The van der Waals surface area contributed by atoms with E-state index in [0.717, 1.165) is 23.5 Å². The van der Waals surface area contributed by atoms with Crippen molar-refractivity contribution in [2.24, 2.45) is 7.05 Å².